The fourth-order valence-electron chi connectivity index (χ4n) is 5.80. The highest BCUT2D eigenvalue weighted by molar-refractivity contribution is 5.90. The number of ether oxygens (including phenoxy) is 1. The minimum absolute atomic E-state index is 0.00664. The third-order valence-corrected chi connectivity index (χ3v) is 7.66. The van der Waals surface area contributed by atoms with Crippen LogP contribution in [0.4, 0.5) is 4.79 Å². The van der Waals surface area contributed by atoms with Gasteiger partial charge in [0, 0.05) is 24.9 Å². The van der Waals surface area contributed by atoms with Gasteiger partial charge in [-0.2, -0.15) is 0 Å². The number of rotatable bonds is 7. The molecule has 2 aromatic carbocycles. The average molecular weight is 463 g/mol. The number of fused-ring (bicyclic) bond motifs is 4. The van der Waals surface area contributed by atoms with E-state index in [1.54, 1.807) is 4.90 Å². The fourth-order valence-corrected chi connectivity index (χ4v) is 5.80. The minimum atomic E-state index is -0.987. The van der Waals surface area contributed by atoms with Crippen molar-refractivity contribution in [1.29, 1.82) is 0 Å². The SMILES string of the molecule is CC(CCC(=O)N1CCC[C@H]2C[C@]21C(=O)O)NC(=O)OCC1c2ccccc2-c2ccccc21. The highest BCUT2D eigenvalue weighted by Crippen LogP contribution is 2.54. The van der Waals surface area contributed by atoms with E-state index >= 15 is 0 Å². The Bertz CT molecular complexity index is 1090. The summed E-state index contributed by atoms with van der Waals surface area (Å²) in [6.45, 7) is 2.56. The zero-order valence-corrected chi connectivity index (χ0v) is 19.3. The molecule has 2 N–H and O–H groups in total. The molecule has 7 nitrogen and oxygen atoms in total. The smallest absolute Gasteiger partial charge is 0.407 e. The number of benzene rings is 2. The lowest BCUT2D eigenvalue weighted by Crippen LogP contribution is -2.51. The van der Waals surface area contributed by atoms with Crippen LogP contribution >= 0.6 is 0 Å². The number of alkyl carbamates (subject to hydrolysis) is 1. The Hall–Kier alpha value is -3.35. The number of carboxylic acid groups (broad SMARTS) is 1. The van der Waals surface area contributed by atoms with E-state index in [9.17, 15) is 19.5 Å². The van der Waals surface area contributed by atoms with Crippen LogP contribution in [-0.2, 0) is 14.3 Å². The summed E-state index contributed by atoms with van der Waals surface area (Å²) in [6.07, 6.45) is 2.40. The molecule has 1 saturated carbocycles. The molecular weight excluding hydrogens is 432 g/mol. The van der Waals surface area contributed by atoms with Gasteiger partial charge in [-0.3, -0.25) is 4.79 Å². The first-order valence-corrected chi connectivity index (χ1v) is 12.1. The molecular formula is C27H30N2O5. The Morgan fingerprint density at radius 2 is 1.76 bits per heavy atom. The van der Waals surface area contributed by atoms with Gasteiger partial charge in [-0.1, -0.05) is 48.5 Å². The second-order valence-corrected chi connectivity index (χ2v) is 9.73. The van der Waals surface area contributed by atoms with Gasteiger partial charge in [-0.05, 0) is 60.8 Å². The summed E-state index contributed by atoms with van der Waals surface area (Å²) in [5, 5.41) is 12.5. The molecule has 0 bridgehead atoms. The summed E-state index contributed by atoms with van der Waals surface area (Å²) >= 11 is 0. The number of aliphatic carboxylic acids is 1. The monoisotopic (exact) mass is 462 g/mol. The molecule has 178 valence electrons. The third kappa shape index (κ3) is 3.83. The van der Waals surface area contributed by atoms with Crippen LogP contribution in [0.15, 0.2) is 48.5 Å². The Morgan fingerprint density at radius 3 is 2.41 bits per heavy atom. The number of nitrogens with one attached hydrogen (secondary N) is 1. The molecule has 0 spiro atoms. The van der Waals surface area contributed by atoms with Gasteiger partial charge in [0.05, 0.1) is 0 Å². The van der Waals surface area contributed by atoms with Crippen LogP contribution in [-0.4, -0.2) is 52.7 Å². The van der Waals surface area contributed by atoms with E-state index in [1.807, 2.05) is 31.2 Å². The van der Waals surface area contributed by atoms with Crippen molar-refractivity contribution in [2.24, 2.45) is 5.92 Å². The highest BCUT2D eigenvalue weighted by atomic mass is 16.5. The van der Waals surface area contributed by atoms with Gasteiger partial charge >= 0.3 is 12.1 Å². The Labute approximate surface area is 199 Å². The predicted molar refractivity (Wildman–Crippen MR) is 126 cm³/mol. The molecule has 2 fully saturated rings. The first-order valence-electron chi connectivity index (χ1n) is 12.1. The molecule has 34 heavy (non-hydrogen) atoms. The van der Waals surface area contributed by atoms with Gasteiger partial charge < -0.3 is 20.1 Å². The molecule has 5 rings (SSSR count). The molecule has 1 saturated heterocycles. The Balaban J connectivity index is 1.13. The summed E-state index contributed by atoms with van der Waals surface area (Å²) in [6, 6.07) is 16.1. The summed E-state index contributed by atoms with van der Waals surface area (Å²) in [5.41, 5.74) is 3.67. The quantitative estimate of drug-likeness (QED) is 0.644. The van der Waals surface area contributed by atoms with Crippen LogP contribution in [0.3, 0.4) is 0 Å². The van der Waals surface area contributed by atoms with Crippen molar-refractivity contribution in [1.82, 2.24) is 10.2 Å². The molecule has 1 unspecified atom stereocenters. The fraction of sp³-hybridized carbons (Fsp3) is 0.444. The van der Waals surface area contributed by atoms with Crippen LogP contribution in [0.1, 0.15) is 56.1 Å². The maximum Gasteiger partial charge on any atom is 0.407 e. The van der Waals surface area contributed by atoms with Crippen molar-refractivity contribution in [3.8, 4) is 11.1 Å². The number of amides is 2. The van der Waals surface area contributed by atoms with Crippen molar-refractivity contribution in [3.63, 3.8) is 0 Å². The summed E-state index contributed by atoms with van der Waals surface area (Å²) < 4.78 is 5.58. The second kappa shape index (κ2) is 8.78. The lowest BCUT2D eigenvalue weighted by molar-refractivity contribution is -0.154. The van der Waals surface area contributed by atoms with E-state index in [4.69, 9.17) is 4.74 Å². The molecule has 2 aromatic rings. The van der Waals surface area contributed by atoms with E-state index in [2.05, 4.69) is 29.6 Å². The number of nitrogens with zero attached hydrogens (tertiary/aromatic N) is 1. The van der Waals surface area contributed by atoms with E-state index in [0.29, 0.717) is 19.4 Å². The maximum atomic E-state index is 12.8. The molecule has 7 heteroatoms. The zero-order valence-electron chi connectivity index (χ0n) is 19.3. The lowest BCUT2D eigenvalue weighted by Gasteiger charge is -2.34. The van der Waals surface area contributed by atoms with Crippen LogP contribution in [0.25, 0.3) is 11.1 Å². The van der Waals surface area contributed by atoms with Crippen LogP contribution in [0.2, 0.25) is 0 Å². The molecule has 1 aliphatic heterocycles. The number of hydrogen-bond acceptors (Lipinski definition) is 4. The van der Waals surface area contributed by atoms with E-state index in [0.717, 1.165) is 24.0 Å². The first-order chi connectivity index (χ1) is 16.4. The maximum absolute atomic E-state index is 12.8. The number of carbonyl (C=O) groups is 3. The van der Waals surface area contributed by atoms with Crippen molar-refractivity contribution < 1.29 is 24.2 Å². The topological polar surface area (TPSA) is 95.9 Å². The third-order valence-electron chi connectivity index (χ3n) is 7.66. The van der Waals surface area contributed by atoms with Gasteiger partial charge in [-0.15, -0.1) is 0 Å². The molecule has 0 radical (unpaired) electrons. The van der Waals surface area contributed by atoms with Crippen LogP contribution < -0.4 is 5.32 Å². The van der Waals surface area contributed by atoms with Crippen molar-refractivity contribution >= 4 is 18.0 Å². The Morgan fingerprint density at radius 1 is 1.12 bits per heavy atom. The summed E-state index contributed by atoms with van der Waals surface area (Å²) in [7, 11) is 0. The minimum Gasteiger partial charge on any atom is -0.479 e. The number of hydrogen-bond donors (Lipinski definition) is 2. The van der Waals surface area contributed by atoms with Gasteiger partial charge in [0.15, 0.2) is 0 Å². The molecule has 3 atom stereocenters. The second-order valence-electron chi connectivity index (χ2n) is 9.73. The van der Waals surface area contributed by atoms with Gasteiger partial charge in [0.2, 0.25) is 5.91 Å². The van der Waals surface area contributed by atoms with Crippen LogP contribution in [0, 0.1) is 5.92 Å². The molecule has 3 aliphatic rings. The Kier molecular flexibility index (Phi) is 5.80. The van der Waals surface area contributed by atoms with E-state index in [-0.39, 0.29) is 36.8 Å². The summed E-state index contributed by atoms with van der Waals surface area (Å²) in [5.74, 6) is -0.965. The van der Waals surface area contributed by atoms with Crippen molar-refractivity contribution in [2.75, 3.05) is 13.2 Å². The predicted octanol–water partition coefficient (Wildman–Crippen LogP) is 4.16. The molecule has 0 aromatic heterocycles. The number of piperidine rings is 1. The average Bonchev–Trinajstić information content (AvgIpc) is 3.52. The van der Waals surface area contributed by atoms with Crippen molar-refractivity contribution in [3.05, 3.63) is 59.7 Å². The number of carboxylic acids is 1. The number of carbonyl (C=O) groups excluding carboxylic acids is 2. The number of likely N-dealkylation sites (tertiary alicyclic amines) is 1. The summed E-state index contributed by atoms with van der Waals surface area (Å²) in [4.78, 5) is 38.6. The largest absolute Gasteiger partial charge is 0.479 e. The molecule has 2 amide bonds. The standard InChI is InChI=1S/C27H30N2O5/c1-17(12-13-24(30)29-14-6-7-18-15-27(18,29)25(31)32)28-26(33)34-16-23-21-10-4-2-8-19(21)20-9-3-5-11-22(20)23/h2-5,8-11,17-18,23H,6-7,12-16H2,1H3,(H,28,33)(H,31,32)/t17?,18-,27+/m0/s1. The molecule has 1 heterocycles. The van der Waals surface area contributed by atoms with Gasteiger partial charge in [0.1, 0.15) is 12.1 Å². The zero-order chi connectivity index (χ0) is 23.9. The highest BCUT2D eigenvalue weighted by Gasteiger charge is 2.66. The van der Waals surface area contributed by atoms with Gasteiger partial charge in [0.25, 0.3) is 0 Å². The van der Waals surface area contributed by atoms with E-state index in [1.165, 1.54) is 11.1 Å². The van der Waals surface area contributed by atoms with Crippen molar-refractivity contribution in [2.45, 2.75) is 56.5 Å². The molecule has 2 aliphatic carbocycles. The lowest BCUT2D eigenvalue weighted by atomic mass is 9.98. The van der Waals surface area contributed by atoms with Crippen LogP contribution in [0.5, 0.6) is 0 Å². The first kappa shape index (κ1) is 22.4. The van der Waals surface area contributed by atoms with Gasteiger partial charge in [-0.25, -0.2) is 9.59 Å². The van der Waals surface area contributed by atoms with E-state index < -0.39 is 17.6 Å². The normalized spacial score (nSPS) is 23.3.